The molecule has 0 aromatic heterocycles. The molecule has 18 heavy (non-hydrogen) atoms. The van der Waals surface area contributed by atoms with Gasteiger partial charge in [-0.05, 0) is 43.5 Å². The highest BCUT2D eigenvalue weighted by Crippen LogP contribution is 2.19. The third-order valence-corrected chi connectivity index (χ3v) is 4.11. The van der Waals surface area contributed by atoms with Gasteiger partial charge in [-0.15, -0.1) is 0 Å². The third kappa shape index (κ3) is 3.33. The summed E-state index contributed by atoms with van der Waals surface area (Å²) in [4.78, 5) is 2.60. The lowest BCUT2D eigenvalue weighted by Gasteiger charge is -2.37. The van der Waals surface area contributed by atoms with E-state index in [-0.39, 0.29) is 0 Å². The van der Waals surface area contributed by atoms with Crippen LogP contribution in [0, 0.1) is 12.8 Å². The first-order valence-electron chi connectivity index (χ1n) is 7.21. The van der Waals surface area contributed by atoms with E-state index in [1.54, 1.807) is 0 Å². The maximum absolute atomic E-state index is 3.60. The molecule has 2 unspecified atom stereocenters. The summed E-state index contributed by atoms with van der Waals surface area (Å²) >= 11 is 0. The molecule has 1 aliphatic heterocycles. The minimum atomic E-state index is 0.711. The Kier molecular flexibility index (Phi) is 4.79. The number of nitrogens with zero attached hydrogens (tertiary/aromatic N) is 1. The largest absolute Gasteiger partial charge is 0.314 e. The lowest BCUT2D eigenvalue weighted by atomic mass is 9.93. The van der Waals surface area contributed by atoms with Crippen LogP contribution in [0.5, 0.6) is 0 Å². The molecule has 1 aromatic rings. The van der Waals surface area contributed by atoms with Gasteiger partial charge in [-0.25, -0.2) is 0 Å². The molecule has 0 amide bonds. The lowest BCUT2D eigenvalue weighted by Crippen LogP contribution is -2.47. The fraction of sp³-hybridized carbons (Fsp3) is 0.625. The molecule has 1 heterocycles. The Morgan fingerprint density at radius 3 is 2.78 bits per heavy atom. The van der Waals surface area contributed by atoms with Gasteiger partial charge < -0.3 is 5.32 Å². The molecule has 1 aliphatic rings. The SMILES string of the molecule is CCNC1CCN(Cc2ccccc2C)CC1C. The van der Waals surface area contributed by atoms with Crippen LogP contribution in [0.25, 0.3) is 0 Å². The summed E-state index contributed by atoms with van der Waals surface area (Å²) in [6, 6.07) is 9.46. The maximum atomic E-state index is 3.60. The van der Waals surface area contributed by atoms with Crippen LogP contribution in [0.4, 0.5) is 0 Å². The average molecular weight is 246 g/mol. The molecule has 2 heteroatoms. The number of aryl methyl sites for hydroxylation is 1. The number of likely N-dealkylation sites (tertiary alicyclic amines) is 1. The predicted molar refractivity (Wildman–Crippen MR) is 77.7 cm³/mol. The first-order chi connectivity index (χ1) is 8.70. The van der Waals surface area contributed by atoms with Gasteiger partial charge in [0, 0.05) is 19.1 Å². The van der Waals surface area contributed by atoms with Crippen molar-refractivity contribution in [1.29, 1.82) is 0 Å². The molecule has 0 spiro atoms. The molecule has 1 fully saturated rings. The minimum absolute atomic E-state index is 0.711. The van der Waals surface area contributed by atoms with Gasteiger partial charge in [0.05, 0.1) is 0 Å². The van der Waals surface area contributed by atoms with Crippen molar-refractivity contribution in [3.05, 3.63) is 35.4 Å². The lowest BCUT2D eigenvalue weighted by molar-refractivity contribution is 0.142. The Morgan fingerprint density at radius 1 is 1.33 bits per heavy atom. The summed E-state index contributed by atoms with van der Waals surface area (Å²) in [5.74, 6) is 0.753. The monoisotopic (exact) mass is 246 g/mol. The van der Waals surface area contributed by atoms with Crippen molar-refractivity contribution >= 4 is 0 Å². The van der Waals surface area contributed by atoms with Crippen molar-refractivity contribution in [2.24, 2.45) is 5.92 Å². The van der Waals surface area contributed by atoms with Crippen LogP contribution in [0.1, 0.15) is 31.4 Å². The normalized spacial score (nSPS) is 25.3. The average Bonchev–Trinajstić information content (AvgIpc) is 2.36. The van der Waals surface area contributed by atoms with E-state index in [2.05, 4.69) is 55.3 Å². The molecule has 0 aliphatic carbocycles. The molecule has 0 bridgehead atoms. The topological polar surface area (TPSA) is 15.3 Å². The Labute approximate surface area is 111 Å². The van der Waals surface area contributed by atoms with Crippen LogP contribution in [0.3, 0.4) is 0 Å². The van der Waals surface area contributed by atoms with E-state index < -0.39 is 0 Å². The quantitative estimate of drug-likeness (QED) is 0.879. The Morgan fingerprint density at radius 2 is 2.11 bits per heavy atom. The second-order valence-electron chi connectivity index (χ2n) is 5.59. The van der Waals surface area contributed by atoms with Gasteiger partial charge >= 0.3 is 0 Å². The maximum Gasteiger partial charge on any atom is 0.0236 e. The van der Waals surface area contributed by atoms with Crippen LogP contribution >= 0.6 is 0 Å². The summed E-state index contributed by atoms with van der Waals surface area (Å²) in [6.07, 6.45) is 1.28. The summed E-state index contributed by atoms with van der Waals surface area (Å²) in [6.45, 7) is 11.4. The van der Waals surface area contributed by atoms with Crippen molar-refractivity contribution in [3.8, 4) is 0 Å². The zero-order valence-electron chi connectivity index (χ0n) is 11.9. The molecular formula is C16H26N2. The summed E-state index contributed by atoms with van der Waals surface area (Å²) < 4.78 is 0. The van der Waals surface area contributed by atoms with Gasteiger partial charge in [0.25, 0.3) is 0 Å². The van der Waals surface area contributed by atoms with E-state index in [0.29, 0.717) is 6.04 Å². The highest BCUT2D eigenvalue weighted by atomic mass is 15.1. The second kappa shape index (κ2) is 6.35. The number of rotatable bonds is 4. The molecule has 1 saturated heterocycles. The molecular weight excluding hydrogens is 220 g/mol. The van der Waals surface area contributed by atoms with Gasteiger partial charge in [0.2, 0.25) is 0 Å². The first-order valence-corrected chi connectivity index (χ1v) is 7.21. The van der Waals surface area contributed by atoms with Gasteiger partial charge in [-0.1, -0.05) is 38.1 Å². The van der Waals surface area contributed by atoms with E-state index in [1.807, 2.05) is 0 Å². The fourth-order valence-electron chi connectivity index (χ4n) is 2.97. The van der Waals surface area contributed by atoms with Gasteiger partial charge in [-0.3, -0.25) is 4.90 Å². The second-order valence-corrected chi connectivity index (χ2v) is 5.59. The molecule has 100 valence electrons. The number of piperidine rings is 1. The van der Waals surface area contributed by atoms with Crippen molar-refractivity contribution in [2.75, 3.05) is 19.6 Å². The molecule has 2 atom stereocenters. The Bertz CT molecular complexity index is 375. The number of hydrogen-bond donors (Lipinski definition) is 1. The first kappa shape index (κ1) is 13.6. The number of benzene rings is 1. The summed E-state index contributed by atoms with van der Waals surface area (Å²) in [5, 5.41) is 3.60. The zero-order valence-corrected chi connectivity index (χ0v) is 11.9. The van der Waals surface area contributed by atoms with E-state index in [4.69, 9.17) is 0 Å². The van der Waals surface area contributed by atoms with Gasteiger partial charge in [0.15, 0.2) is 0 Å². The summed E-state index contributed by atoms with van der Waals surface area (Å²) in [5.41, 5.74) is 2.89. The predicted octanol–water partition coefficient (Wildman–Crippen LogP) is 2.81. The Balaban J connectivity index is 1.91. The van der Waals surface area contributed by atoms with Crippen molar-refractivity contribution in [2.45, 2.75) is 39.8 Å². The fourth-order valence-corrected chi connectivity index (χ4v) is 2.97. The van der Waals surface area contributed by atoms with Crippen molar-refractivity contribution in [1.82, 2.24) is 10.2 Å². The number of nitrogens with one attached hydrogen (secondary N) is 1. The zero-order chi connectivity index (χ0) is 13.0. The van der Waals surface area contributed by atoms with Crippen molar-refractivity contribution < 1.29 is 0 Å². The molecule has 1 N–H and O–H groups in total. The number of hydrogen-bond acceptors (Lipinski definition) is 2. The molecule has 0 saturated carbocycles. The van der Waals surface area contributed by atoms with Crippen LogP contribution in [0.2, 0.25) is 0 Å². The molecule has 2 nitrogen and oxygen atoms in total. The van der Waals surface area contributed by atoms with Crippen LogP contribution in [0.15, 0.2) is 24.3 Å². The molecule has 0 radical (unpaired) electrons. The van der Waals surface area contributed by atoms with E-state index in [0.717, 1.165) is 19.0 Å². The third-order valence-electron chi connectivity index (χ3n) is 4.11. The highest BCUT2D eigenvalue weighted by molar-refractivity contribution is 5.25. The van der Waals surface area contributed by atoms with E-state index in [1.165, 1.54) is 30.6 Å². The summed E-state index contributed by atoms with van der Waals surface area (Å²) in [7, 11) is 0. The Hall–Kier alpha value is -0.860. The van der Waals surface area contributed by atoms with Crippen molar-refractivity contribution in [3.63, 3.8) is 0 Å². The van der Waals surface area contributed by atoms with Crippen LogP contribution in [-0.2, 0) is 6.54 Å². The van der Waals surface area contributed by atoms with E-state index in [9.17, 15) is 0 Å². The van der Waals surface area contributed by atoms with Crippen LogP contribution in [-0.4, -0.2) is 30.6 Å². The molecule has 2 rings (SSSR count). The minimum Gasteiger partial charge on any atom is -0.314 e. The van der Waals surface area contributed by atoms with Gasteiger partial charge in [-0.2, -0.15) is 0 Å². The smallest absolute Gasteiger partial charge is 0.0236 e. The van der Waals surface area contributed by atoms with Gasteiger partial charge in [0.1, 0.15) is 0 Å². The van der Waals surface area contributed by atoms with Crippen LogP contribution < -0.4 is 5.32 Å². The standard InChI is InChI=1S/C16H26N2/c1-4-17-16-9-10-18(11-14(16)3)12-15-8-6-5-7-13(15)2/h5-8,14,16-17H,4,9-12H2,1-3H3. The van der Waals surface area contributed by atoms with E-state index >= 15 is 0 Å². The molecule has 1 aromatic carbocycles. The highest BCUT2D eigenvalue weighted by Gasteiger charge is 2.25.